The van der Waals surface area contributed by atoms with Gasteiger partial charge in [0.15, 0.2) is 5.82 Å². The number of tetrazole rings is 1. The van der Waals surface area contributed by atoms with Crippen molar-refractivity contribution in [3.8, 4) is 11.4 Å². The zero-order chi connectivity index (χ0) is 14.0. The van der Waals surface area contributed by atoms with Crippen molar-refractivity contribution in [1.82, 2.24) is 20.2 Å². The van der Waals surface area contributed by atoms with E-state index in [9.17, 15) is 9.18 Å². The maximum Gasteiger partial charge on any atom is 0.308 e. The number of carboxylic acids is 1. The molecule has 0 fully saturated rings. The summed E-state index contributed by atoms with van der Waals surface area (Å²) in [6.45, 7) is 1.67. The van der Waals surface area contributed by atoms with E-state index in [1.54, 1.807) is 13.0 Å². The average Bonchev–Trinajstić information content (AvgIpc) is 2.75. The molecule has 0 saturated heterocycles. The van der Waals surface area contributed by atoms with Crippen molar-refractivity contribution in [3.05, 3.63) is 28.5 Å². The molecule has 0 radical (unpaired) electrons. The van der Waals surface area contributed by atoms with Crippen LogP contribution in [0.5, 0.6) is 0 Å². The maximum atomic E-state index is 13.3. The third-order valence-corrected chi connectivity index (χ3v) is 2.98. The zero-order valence-electron chi connectivity index (χ0n) is 9.92. The molecule has 19 heavy (non-hydrogen) atoms. The molecule has 0 aliphatic rings. The van der Waals surface area contributed by atoms with Crippen LogP contribution in [0.4, 0.5) is 4.39 Å². The van der Waals surface area contributed by atoms with Gasteiger partial charge in [0.05, 0.1) is 12.5 Å². The molecule has 2 aromatic rings. The van der Waals surface area contributed by atoms with Crippen molar-refractivity contribution in [1.29, 1.82) is 0 Å². The minimum atomic E-state index is -0.943. The fourth-order valence-corrected chi connectivity index (χ4v) is 2.02. The smallest absolute Gasteiger partial charge is 0.308 e. The Morgan fingerprint density at radius 2 is 2.26 bits per heavy atom. The molecule has 8 heteroatoms. The van der Waals surface area contributed by atoms with Gasteiger partial charge in [-0.2, -0.15) is 0 Å². The molecule has 6 nitrogen and oxygen atoms in total. The molecule has 100 valence electrons. The highest BCUT2D eigenvalue weighted by Gasteiger charge is 2.17. The molecule has 1 aromatic carbocycles. The molecule has 0 saturated carbocycles. The van der Waals surface area contributed by atoms with Gasteiger partial charge in [-0.1, -0.05) is 22.9 Å². The Hall–Kier alpha value is -1.83. The van der Waals surface area contributed by atoms with E-state index >= 15 is 0 Å². The van der Waals surface area contributed by atoms with Gasteiger partial charge in [-0.25, -0.2) is 9.07 Å². The van der Waals surface area contributed by atoms with Gasteiger partial charge in [-0.15, -0.1) is 5.10 Å². The van der Waals surface area contributed by atoms with Crippen molar-refractivity contribution in [2.75, 3.05) is 0 Å². The van der Waals surface area contributed by atoms with E-state index in [0.717, 1.165) is 0 Å². The van der Waals surface area contributed by atoms with Gasteiger partial charge in [-0.05, 0) is 28.6 Å². The lowest BCUT2D eigenvalue weighted by Gasteiger charge is -2.08. The summed E-state index contributed by atoms with van der Waals surface area (Å²) < 4.78 is 15.2. The van der Waals surface area contributed by atoms with Crippen LogP contribution < -0.4 is 0 Å². The van der Waals surface area contributed by atoms with Crippen molar-refractivity contribution < 1.29 is 14.3 Å². The Labute approximate surface area is 116 Å². The van der Waals surface area contributed by atoms with Gasteiger partial charge in [0, 0.05) is 10.0 Å². The van der Waals surface area contributed by atoms with E-state index in [0.29, 0.717) is 15.9 Å². The third-order valence-electron chi connectivity index (χ3n) is 2.52. The number of aromatic nitrogens is 4. The summed E-state index contributed by atoms with van der Waals surface area (Å²) in [5.41, 5.74) is 0.481. The summed E-state index contributed by atoms with van der Waals surface area (Å²) >= 11 is 3.19. The molecule has 0 spiro atoms. The molecule has 0 aliphatic carbocycles. The van der Waals surface area contributed by atoms with Crippen LogP contribution in [-0.2, 0) is 11.3 Å². The first-order valence-corrected chi connectivity index (χ1v) is 6.22. The molecular formula is C11H10BrFN4O2. The summed E-state index contributed by atoms with van der Waals surface area (Å²) in [5, 5.41) is 19.9. The normalized spacial score (nSPS) is 12.4. The Bertz CT molecular complexity index is 596. The highest BCUT2D eigenvalue weighted by molar-refractivity contribution is 9.10. The van der Waals surface area contributed by atoms with Gasteiger partial charge in [0.1, 0.15) is 5.82 Å². The zero-order valence-corrected chi connectivity index (χ0v) is 11.5. The number of carboxylic acid groups (broad SMARTS) is 1. The van der Waals surface area contributed by atoms with Gasteiger partial charge in [0.25, 0.3) is 0 Å². The molecule has 2 rings (SSSR count). The first-order chi connectivity index (χ1) is 8.97. The minimum absolute atomic E-state index is 0.117. The number of aliphatic carboxylic acids is 1. The predicted octanol–water partition coefficient (Wildman–Crippen LogP) is 1.96. The van der Waals surface area contributed by atoms with Crippen LogP contribution in [0.3, 0.4) is 0 Å². The summed E-state index contributed by atoms with van der Waals surface area (Å²) in [7, 11) is 0. The SMILES string of the molecule is CC(Cn1nnnc1-c1cc(F)cc(Br)c1)C(=O)O. The fraction of sp³-hybridized carbons (Fsp3) is 0.273. The lowest BCUT2D eigenvalue weighted by atomic mass is 10.1. The van der Waals surface area contributed by atoms with Crippen LogP contribution in [0, 0.1) is 11.7 Å². The van der Waals surface area contributed by atoms with Gasteiger partial charge in [0.2, 0.25) is 0 Å². The predicted molar refractivity (Wildman–Crippen MR) is 67.7 cm³/mol. The van der Waals surface area contributed by atoms with E-state index in [1.165, 1.54) is 16.8 Å². The lowest BCUT2D eigenvalue weighted by molar-refractivity contribution is -0.141. The first kappa shape index (κ1) is 13.6. The monoisotopic (exact) mass is 328 g/mol. The first-order valence-electron chi connectivity index (χ1n) is 5.43. The maximum absolute atomic E-state index is 13.3. The van der Waals surface area contributed by atoms with E-state index in [-0.39, 0.29) is 6.54 Å². The van der Waals surface area contributed by atoms with Crippen LogP contribution in [0.15, 0.2) is 22.7 Å². The van der Waals surface area contributed by atoms with Crippen molar-refractivity contribution in [3.63, 3.8) is 0 Å². The number of rotatable bonds is 4. The van der Waals surface area contributed by atoms with Crippen LogP contribution in [0.25, 0.3) is 11.4 Å². The summed E-state index contributed by atoms with van der Waals surface area (Å²) in [5.74, 6) is -1.68. The fourth-order valence-electron chi connectivity index (χ4n) is 1.55. The van der Waals surface area contributed by atoms with Gasteiger partial charge in [-0.3, -0.25) is 4.79 Å². The highest BCUT2D eigenvalue weighted by atomic mass is 79.9. The molecule has 0 amide bonds. The molecule has 1 aromatic heterocycles. The second kappa shape index (κ2) is 5.43. The lowest BCUT2D eigenvalue weighted by Crippen LogP contribution is -2.18. The second-order valence-corrected chi connectivity index (χ2v) is 5.00. The molecule has 1 atom stereocenters. The van der Waals surface area contributed by atoms with Crippen molar-refractivity contribution in [2.45, 2.75) is 13.5 Å². The molecule has 1 N–H and O–H groups in total. The number of hydrogen-bond donors (Lipinski definition) is 1. The number of hydrogen-bond acceptors (Lipinski definition) is 4. The quantitative estimate of drug-likeness (QED) is 0.927. The molecule has 0 bridgehead atoms. The number of halogens is 2. The number of carbonyl (C=O) groups is 1. The Kier molecular flexibility index (Phi) is 3.89. The van der Waals surface area contributed by atoms with E-state index in [4.69, 9.17) is 5.11 Å². The van der Waals surface area contributed by atoms with Crippen LogP contribution >= 0.6 is 15.9 Å². The summed E-state index contributed by atoms with van der Waals surface area (Å²) in [6.07, 6.45) is 0. The van der Waals surface area contributed by atoms with Crippen LogP contribution in [0.2, 0.25) is 0 Å². The van der Waals surface area contributed by atoms with Crippen molar-refractivity contribution in [2.24, 2.45) is 5.92 Å². The highest BCUT2D eigenvalue weighted by Crippen LogP contribution is 2.23. The minimum Gasteiger partial charge on any atom is -0.481 e. The Balaban J connectivity index is 2.36. The number of benzene rings is 1. The molecule has 1 heterocycles. The molecule has 0 aliphatic heterocycles. The van der Waals surface area contributed by atoms with Crippen LogP contribution in [0.1, 0.15) is 6.92 Å². The third kappa shape index (κ3) is 3.14. The summed E-state index contributed by atoms with van der Waals surface area (Å²) in [4.78, 5) is 10.8. The van der Waals surface area contributed by atoms with Crippen molar-refractivity contribution >= 4 is 21.9 Å². The topological polar surface area (TPSA) is 80.9 Å². The molecule has 1 unspecified atom stereocenters. The van der Waals surface area contributed by atoms with E-state index < -0.39 is 17.7 Å². The van der Waals surface area contributed by atoms with E-state index in [2.05, 4.69) is 31.5 Å². The standard InChI is InChI=1S/C11H10BrFN4O2/c1-6(11(18)19)5-17-10(14-15-16-17)7-2-8(12)4-9(13)3-7/h2-4,6H,5H2,1H3,(H,18,19). The Morgan fingerprint density at radius 1 is 1.53 bits per heavy atom. The van der Waals surface area contributed by atoms with Gasteiger partial charge >= 0.3 is 5.97 Å². The average molecular weight is 329 g/mol. The Morgan fingerprint density at radius 3 is 2.89 bits per heavy atom. The van der Waals surface area contributed by atoms with Gasteiger partial charge < -0.3 is 5.11 Å². The number of nitrogens with zero attached hydrogens (tertiary/aromatic N) is 4. The summed E-state index contributed by atoms with van der Waals surface area (Å²) in [6, 6.07) is 4.27. The largest absolute Gasteiger partial charge is 0.481 e. The second-order valence-electron chi connectivity index (χ2n) is 4.08. The molecular weight excluding hydrogens is 319 g/mol. The van der Waals surface area contributed by atoms with E-state index in [1.807, 2.05) is 0 Å². The van der Waals surface area contributed by atoms with Crippen LogP contribution in [-0.4, -0.2) is 31.3 Å².